The van der Waals surface area contributed by atoms with Gasteiger partial charge in [-0.25, -0.2) is 4.39 Å². The van der Waals surface area contributed by atoms with Gasteiger partial charge in [-0.15, -0.1) is 11.3 Å². The lowest BCUT2D eigenvalue weighted by Crippen LogP contribution is -2.45. The number of benzene rings is 1. The first-order valence-corrected chi connectivity index (χ1v) is 8.79. The molecule has 0 bridgehead atoms. The topological polar surface area (TPSA) is 15.3 Å². The number of thiophene rings is 1. The van der Waals surface area contributed by atoms with Crippen LogP contribution in [0.2, 0.25) is 4.34 Å². The molecule has 1 aliphatic rings. The van der Waals surface area contributed by atoms with Crippen molar-refractivity contribution in [1.82, 2.24) is 10.2 Å². The van der Waals surface area contributed by atoms with Crippen LogP contribution >= 0.6 is 38.9 Å². The Balaban J connectivity index is 2.04. The summed E-state index contributed by atoms with van der Waals surface area (Å²) in [5.41, 5.74) is 0.954. The zero-order valence-electron chi connectivity index (χ0n) is 11.3. The molecule has 0 unspecified atom stereocenters. The first-order chi connectivity index (χ1) is 10.1. The molecule has 3 rings (SSSR count). The quantitative estimate of drug-likeness (QED) is 0.842. The number of hydrogen-bond acceptors (Lipinski definition) is 3. The molecule has 1 aromatic carbocycles. The second-order valence-corrected chi connectivity index (χ2v) is 7.60. The molecule has 2 nitrogen and oxygen atoms in total. The molecule has 1 N–H and O–H groups in total. The fraction of sp³-hybridized carbons (Fsp3) is 0.333. The molecule has 1 fully saturated rings. The molecule has 1 atom stereocenters. The van der Waals surface area contributed by atoms with Crippen LogP contribution in [-0.4, -0.2) is 31.1 Å². The lowest BCUT2D eigenvalue weighted by Gasteiger charge is -2.35. The normalized spacial score (nSPS) is 17.9. The Morgan fingerprint density at radius 2 is 2.00 bits per heavy atom. The molecule has 6 heteroatoms. The summed E-state index contributed by atoms with van der Waals surface area (Å²) >= 11 is 11.2. The summed E-state index contributed by atoms with van der Waals surface area (Å²) in [6.07, 6.45) is 0. The van der Waals surface area contributed by atoms with E-state index >= 15 is 0 Å². The summed E-state index contributed by atoms with van der Waals surface area (Å²) in [5, 5.41) is 3.35. The number of rotatable bonds is 3. The number of halogens is 3. The summed E-state index contributed by atoms with van der Waals surface area (Å²) in [4.78, 5) is 3.52. The average Bonchev–Trinajstić information content (AvgIpc) is 2.90. The first kappa shape index (κ1) is 15.4. The van der Waals surface area contributed by atoms with Gasteiger partial charge in [-0.2, -0.15) is 0 Å². The second kappa shape index (κ2) is 6.75. The molecule has 2 heterocycles. The van der Waals surface area contributed by atoms with Crippen molar-refractivity contribution in [1.29, 1.82) is 0 Å². The highest BCUT2D eigenvalue weighted by molar-refractivity contribution is 9.10. The van der Waals surface area contributed by atoms with Crippen LogP contribution in [0.25, 0.3) is 0 Å². The molecule has 0 saturated carbocycles. The maximum Gasteiger partial charge on any atom is 0.123 e. The minimum absolute atomic E-state index is 0.0367. The molecular formula is C15H15BrClFN2S. The molecular weight excluding hydrogens is 375 g/mol. The Kier molecular flexibility index (Phi) is 4.96. The van der Waals surface area contributed by atoms with Gasteiger partial charge in [0.1, 0.15) is 5.82 Å². The number of hydrogen-bond donors (Lipinski definition) is 1. The summed E-state index contributed by atoms with van der Waals surface area (Å²) < 4.78 is 15.4. The molecule has 0 radical (unpaired) electrons. The fourth-order valence-electron chi connectivity index (χ4n) is 2.67. The monoisotopic (exact) mass is 388 g/mol. The third-order valence-corrected chi connectivity index (χ3v) is 5.64. The molecule has 0 spiro atoms. The van der Waals surface area contributed by atoms with Crippen molar-refractivity contribution in [3.05, 3.63) is 55.4 Å². The van der Waals surface area contributed by atoms with Gasteiger partial charge in [0.25, 0.3) is 0 Å². The van der Waals surface area contributed by atoms with E-state index in [1.165, 1.54) is 6.07 Å². The van der Waals surface area contributed by atoms with Gasteiger partial charge in [0.05, 0.1) is 10.4 Å². The van der Waals surface area contributed by atoms with Crippen LogP contribution in [0.15, 0.2) is 34.8 Å². The highest BCUT2D eigenvalue weighted by Crippen LogP contribution is 2.38. The van der Waals surface area contributed by atoms with Gasteiger partial charge in [0.15, 0.2) is 0 Å². The maximum absolute atomic E-state index is 13.7. The van der Waals surface area contributed by atoms with E-state index in [9.17, 15) is 4.39 Å². The maximum atomic E-state index is 13.7. The van der Waals surface area contributed by atoms with Crippen LogP contribution < -0.4 is 5.32 Å². The Labute approximate surface area is 141 Å². The van der Waals surface area contributed by atoms with E-state index in [-0.39, 0.29) is 11.9 Å². The van der Waals surface area contributed by atoms with E-state index in [0.29, 0.717) is 0 Å². The molecule has 21 heavy (non-hydrogen) atoms. The molecule has 0 aliphatic carbocycles. The molecule has 0 amide bonds. The highest BCUT2D eigenvalue weighted by atomic mass is 79.9. The van der Waals surface area contributed by atoms with Crippen LogP contribution in [0.1, 0.15) is 16.5 Å². The molecule has 112 valence electrons. The summed E-state index contributed by atoms with van der Waals surface area (Å²) in [6, 6.07) is 8.85. The van der Waals surface area contributed by atoms with Gasteiger partial charge >= 0.3 is 0 Å². The van der Waals surface area contributed by atoms with Crippen molar-refractivity contribution in [3.8, 4) is 0 Å². The Bertz CT molecular complexity index is 628. The van der Waals surface area contributed by atoms with Gasteiger partial charge in [0, 0.05) is 35.5 Å². The van der Waals surface area contributed by atoms with Crippen LogP contribution in [0.5, 0.6) is 0 Å². The Hall–Kier alpha value is -0.460. The van der Waals surface area contributed by atoms with Gasteiger partial charge in [-0.3, -0.25) is 4.90 Å². The first-order valence-electron chi connectivity index (χ1n) is 6.80. The van der Waals surface area contributed by atoms with Crippen molar-refractivity contribution in [3.63, 3.8) is 0 Å². The molecule has 1 aromatic heterocycles. The lowest BCUT2D eigenvalue weighted by atomic mass is 10.0. The Morgan fingerprint density at radius 1 is 1.24 bits per heavy atom. The van der Waals surface area contributed by atoms with Crippen molar-refractivity contribution >= 4 is 38.9 Å². The largest absolute Gasteiger partial charge is 0.314 e. The van der Waals surface area contributed by atoms with Crippen molar-refractivity contribution in [2.45, 2.75) is 6.04 Å². The molecule has 2 aromatic rings. The van der Waals surface area contributed by atoms with E-state index in [2.05, 4.69) is 26.1 Å². The third kappa shape index (κ3) is 3.48. The second-order valence-electron chi connectivity index (χ2n) is 5.00. The van der Waals surface area contributed by atoms with Crippen LogP contribution in [0.3, 0.4) is 0 Å². The minimum Gasteiger partial charge on any atom is -0.314 e. The standard InChI is InChI=1S/C15H15BrClFN2S/c16-12-2-1-10(18)9-11(12)15(13-3-4-14(17)21-13)20-7-5-19-6-8-20/h1-4,9,15,19H,5-8H2/t15-/m1/s1. The fourth-order valence-corrected chi connectivity index (χ4v) is 4.35. The van der Waals surface area contributed by atoms with Crippen molar-refractivity contribution < 1.29 is 4.39 Å². The lowest BCUT2D eigenvalue weighted by molar-refractivity contribution is 0.200. The van der Waals surface area contributed by atoms with Gasteiger partial charge < -0.3 is 5.32 Å². The Morgan fingerprint density at radius 3 is 2.67 bits per heavy atom. The number of nitrogens with zero attached hydrogens (tertiary/aromatic N) is 1. The predicted molar refractivity (Wildman–Crippen MR) is 89.7 cm³/mol. The SMILES string of the molecule is Fc1ccc(Br)c([C@H](c2ccc(Cl)s2)N2CCNCC2)c1. The number of nitrogens with one attached hydrogen (secondary N) is 1. The van der Waals surface area contributed by atoms with E-state index in [0.717, 1.165) is 45.4 Å². The van der Waals surface area contributed by atoms with E-state index in [4.69, 9.17) is 11.6 Å². The molecule has 1 aliphatic heterocycles. The van der Waals surface area contributed by atoms with Gasteiger partial charge in [-0.05, 0) is 35.9 Å². The predicted octanol–water partition coefficient (Wildman–Crippen LogP) is 4.30. The zero-order chi connectivity index (χ0) is 14.8. The van der Waals surface area contributed by atoms with E-state index in [1.54, 1.807) is 23.5 Å². The van der Waals surface area contributed by atoms with Gasteiger partial charge in [0.2, 0.25) is 0 Å². The summed E-state index contributed by atoms with van der Waals surface area (Å²) in [5.74, 6) is -0.212. The van der Waals surface area contributed by atoms with Crippen LogP contribution in [0.4, 0.5) is 4.39 Å². The zero-order valence-corrected chi connectivity index (χ0v) is 14.4. The average molecular weight is 390 g/mol. The molecule has 1 saturated heterocycles. The summed E-state index contributed by atoms with van der Waals surface area (Å²) in [6.45, 7) is 3.76. The van der Waals surface area contributed by atoms with Crippen LogP contribution in [-0.2, 0) is 0 Å². The number of piperazine rings is 1. The van der Waals surface area contributed by atoms with Crippen molar-refractivity contribution in [2.24, 2.45) is 0 Å². The highest BCUT2D eigenvalue weighted by Gasteiger charge is 2.27. The third-order valence-electron chi connectivity index (χ3n) is 3.63. The minimum atomic E-state index is -0.212. The van der Waals surface area contributed by atoms with Gasteiger partial charge in [-0.1, -0.05) is 27.5 Å². The smallest absolute Gasteiger partial charge is 0.123 e. The summed E-state index contributed by atoms with van der Waals surface area (Å²) in [7, 11) is 0. The van der Waals surface area contributed by atoms with Crippen LogP contribution in [0, 0.1) is 5.82 Å². The van der Waals surface area contributed by atoms with Crippen molar-refractivity contribution in [2.75, 3.05) is 26.2 Å². The van der Waals surface area contributed by atoms with E-state index < -0.39 is 0 Å². The van der Waals surface area contributed by atoms with E-state index in [1.807, 2.05) is 12.1 Å².